The van der Waals surface area contributed by atoms with E-state index < -0.39 is 0 Å². The van der Waals surface area contributed by atoms with Crippen LogP contribution in [0.3, 0.4) is 0 Å². The van der Waals surface area contributed by atoms with E-state index in [1.54, 1.807) is 0 Å². The van der Waals surface area contributed by atoms with Crippen molar-refractivity contribution in [3.8, 4) is 0 Å². The fourth-order valence-corrected chi connectivity index (χ4v) is 5.81. The van der Waals surface area contributed by atoms with Gasteiger partial charge in [-0.25, -0.2) is 0 Å². The Morgan fingerprint density at radius 1 is 0.704 bits per heavy atom. The van der Waals surface area contributed by atoms with Crippen molar-refractivity contribution in [1.29, 1.82) is 0 Å². The van der Waals surface area contributed by atoms with Gasteiger partial charge in [0.15, 0.2) is 0 Å². The molecule has 0 bridgehead atoms. The molecule has 0 amide bonds. The Kier molecular flexibility index (Phi) is 9.42. The molecule has 0 aliphatic heterocycles. The molecule has 0 radical (unpaired) electrons. The molecule has 0 spiro atoms. The predicted molar refractivity (Wildman–Crippen MR) is 124 cm³/mol. The lowest BCUT2D eigenvalue weighted by molar-refractivity contribution is 0.0253. The lowest BCUT2D eigenvalue weighted by atomic mass is 9.58. The molecule has 0 saturated heterocycles. The molecule has 2 fully saturated rings. The van der Waals surface area contributed by atoms with Crippen LogP contribution < -0.4 is 0 Å². The average Bonchev–Trinajstić information content (AvgIpc) is 2.60. The van der Waals surface area contributed by atoms with Crippen LogP contribution in [0.5, 0.6) is 0 Å². The van der Waals surface area contributed by atoms with Crippen molar-refractivity contribution in [2.75, 3.05) is 0 Å². The van der Waals surface area contributed by atoms with Crippen LogP contribution >= 0.6 is 0 Å². The van der Waals surface area contributed by atoms with Gasteiger partial charge in [-0.2, -0.15) is 0 Å². The van der Waals surface area contributed by atoms with E-state index in [1.165, 1.54) is 44.9 Å². The first-order valence-corrected chi connectivity index (χ1v) is 12.4. The molecule has 0 heterocycles. The highest BCUT2D eigenvalue weighted by molar-refractivity contribution is 4.90. The topological polar surface area (TPSA) is 0 Å². The van der Waals surface area contributed by atoms with Crippen LogP contribution in [0.1, 0.15) is 121 Å². The molecule has 162 valence electrons. The quantitative estimate of drug-likeness (QED) is 0.457. The molecule has 2 rings (SSSR count). The molecular weight excluding hydrogens is 324 g/mol. The van der Waals surface area contributed by atoms with Crippen LogP contribution in [0, 0.1) is 52.3 Å². The molecule has 2 aliphatic carbocycles. The summed E-state index contributed by atoms with van der Waals surface area (Å²) in [4.78, 5) is 0. The minimum absolute atomic E-state index is 0.590. The summed E-state index contributed by atoms with van der Waals surface area (Å²) in [6.07, 6.45) is 10.1. The summed E-state index contributed by atoms with van der Waals surface area (Å²) in [6.45, 7) is 26.6. The summed E-state index contributed by atoms with van der Waals surface area (Å²) in [6, 6.07) is 0. The normalized spacial score (nSPS) is 40.2. The predicted octanol–water partition coefficient (Wildman–Crippen LogP) is 9.24. The molecule has 27 heavy (non-hydrogen) atoms. The van der Waals surface area contributed by atoms with Gasteiger partial charge in [-0.3, -0.25) is 0 Å². The van der Waals surface area contributed by atoms with Crippen LogP contribution in [0.25, 0.3) is 0 Å². The largest absolute Gasteiger partial charge is 0.0649 e. The summed E-state index contributed by atoms with van der Waals surface area (Å²) in [5, 5.41) is 0. The van der Waals surface area contributed by atoms with Gasteiger partial charge in [-0.05, 0) is 90.8 Å². The maximum Gasteiger partial charge on any atom is -0.0274 e. The first-order chi connectivity index (χ1) is 12.4. The summed E-state index contributed by atoms with van der Waals surface area (Å²) < 4.78 is 0. The first kappa shape index (κ1) is 25.0. The highest BCUT2D eigenvalue weighted by Crippen LogP contribution is 2.50. The number of rotatable bonds is 4. The molecule has 0 nitrogen and oxygen atoms in total. The van der Waals surface area contributed by atoms with Gasteiger partial charge >= 0.3 is 0 Å². The lowest BCUT2D eigenvalue weighted by Gasteiger charge is -2.47. The van der Waals surface area contributed by atoms with Gasteiger partial charge in [0, 0.05) is 0 Å². The van der Waals surface area contributed by atoms with Gasteiger partial charge in [0.1, 0.15) is 0 Å². The van der Waals surface area contributed by atoms with Gasteiger partial charge in [0.25, 0.3) is 0 Å². The van der Waals surface area contributed by atoms with E-state index in [9.17, 15) is 0 Å². The summed E-state index contributed by atoms with van der Waals surface area (Å²) in [7, 11) is 0. The Labute approximate surface area is 173 Å². The average molecular weight is 379 g/mol. The Morgan fingerprint density at radius 2 is 1.15 bits per heavy atom. The van der Waals surface area contributed by atoms with Gasteiger partial charge in [-0.15, -0.1) is 0 Å². The van der Waals surface area contributed by atoms with Crippen molar-refractivity contribution in [1.82, 2.24) is 0 Å². The molecule has 0 N–H and O–H groups in total. The molecule has 0 heteroatoms. The maximum absolute atomic E-state index is 2.51. The second-order valence-corrected chi connectivity index (χ2v) is 12.0. The third-order valence-electron chi connectivity index (χ3n) is 9.70. The van der Waals surface area contributed by atoms with Crippen LogP contribution in [-0.4, -0.2) is 0 Å². The molecule has 2 aliphatic rings. The summed E-state index contributed by atoms with van der Waals surface area (Å²) in [5.41, 5.74) is 1.22. The van der Waals surface area contributed by atoms with Crippen molar-refractivity contribution in [2.45, 2.75) is 121 Å². The molecular formula is C27H54. The zero-order valence-electron chi connectivity index (χ0n) is 21.0. The zero-order chi connectivity index (χ0) is 21.0. The molecule has 0 aromatic rings. The van der Waals surface area contributed by atoms with Gasteiger partial charge in [0.05, 0.1) is 0 Å². The highest BCUT2D eigenvalue weighted by atomic mass is 14.5. The molecule has 0 aromatic heterocycles. The van der Waals surface area contributed by atoms with Crippen LogP contribution in [-0.2, 0) is 0 Å². The summed E-state index contributed by atoms with van der Waals surface area (Å²) >= 11 is 0. The third kappa shape index (κ3) is 6.24. The minimum atomic E-state index is 0.590. The highest BCUT2D eigenvalue weighted by Gasteiger charge is 2.40. The molecule has 0 aromatic carbocycles. The van der Waals surface area contributed by atoms with Crippen molar-refractivity contribution in [3.05, 3.63) is 0 Å². The lowest BCUT2D eigenvalue weighted by Crippen LogP contribution is -2.38. The Hall–Kier alpha value is 0. The van der Waals surface area contributed by atoms with Crippen LogP contribution in [0.2, 0.25) is 0 Å². The molecule has 2 saturated carbocycles. The van der Waals surface area contributed by atoms with E-state index in [2.05, 4.69) is 76.2 Å². The standard InChI is InChI=1S/C14H28.C13H26/c1-10(2)13-8-7-12(5)14(6,9-13)11(3)4;1-6-13(5)9-12(10(2)3)8-7-11(13)4/h10-13H,7-9H2,1-6H3;10-12H,6-9H2,1-5H3. The van der Waals surface area contributed by atoms with E-state index >= 15 is 0 Å². The van der Waals surface area contributed by atoms with E-state index in [0.717, 1.165) is 41.4 Å². The van der Waals surface area contributed by atoms with Gasteiger partial charge in [-0.1, -0.05) is 82.6 Å². The van der Waals surface area contributed by atoms with Crippen molar-refractivity contribution in [2.24, 2.45) is 52.3 Å². The SMILES string of the molecule is CC(C)C1CCC(C)C(C)(C(C)C)C1.CCC1(C)CC(C(C)C)CCC1C. The summed E-state index contributed by atoms with van der Waals surface area (Å²) in [5.74, 6) is 6.41. The Balaban J connectivity index is 0.000000271. The zero-order valence-corrected chi connectivity index (χ0v) is 21.0. The van der Waals surface area contributed by atoms with Crippen LogP contribution in [0.15, 0.2) is 0 Å². The van der Waals surface area contributed by atoms with E-state index in [4.69, 9.17) is 0 Å². The number of hydrogen-bond donors (Lipinski definition) is 0. The smallest absolute Gasteiger partial charge is 0.0274 e. The van der Waals surface area contributed by atoms with Crippen molar-refractivity contribution >= 4 is 0 Å². The monoisotopic (exact) mass is 378 g/mol. The number of hydrogen-bond acceptors (Lipinski definition) is 0. The second kappa shape index (κ2) is 10.2. The van der Waals surface area contributed by atoms with E-state index in [1.807, 2.05) is 0 Å². The van der Waals surface area contributed by atoms with Crippen molar-refractivity contribution < 1.29 is 0 Å². The van der Waals surface area contributed by atoms with E-state index in [0.29, 0.717) is 10.8 Å². The Morgan fingerprint density at radius 3 is 1.56 bits per heavy atom. The van der Waals surface area contributed by atoms with Gasteiger partial charge in [0.2, 0.25) is 0 Å². The fraction of sp³-hybridized carbons (Fsp3) is 1.00. The first-order valence-electron chi connectivity index (χ1n) is 12.4. The minimum Gasteiger partial charge on any atom is -0.0649 e. The molecule has 6 unspecified atom stereocenters. The van der Waals surface area contributed by atoms with E-state index in [-0.39, 0.29) is 0 Å². The fourth-order valence-electron chi connectivity index (χ4n) is 5.81. The maximum atomic E-state index is 2.51. The Bertz CT molecular complexity index is 420. The second-order valence-electron chi connectivity index (χ2n) is 12.0. The van der Waals surface area contributed by atoms with Crippen LogP contribution in [0.4, 0.5) is 0 Å². The van der Waals surface area contributed by atoms with Crippen molar-refractivity contribution in [3.63, 3.8) is 0 Å². The molecule has 6 atom stereocenters. The third-order valence-corrected chi connectivity index (χ3v) is 9.70. The van der Waals surface area contributed by atoms with Gasteiger partial charge < -0.3 is 0 Å².